The Hall–Kier alpha value is -1.71. The minimum Gasteiger partial charge on any atom is -0.271 e. The van der Waals surface area contributed by atoms with Crippen molar-refractivity contribution in [3.05, 3.63) is 65.5 Å². The van der Waals surface area contributed by atoms with Crippen LogP contribution in [0.5, 0.6) is 0 Å². The van der Waals surface area contributed by atoms with Crippen molar-refractivity contribution in [2.24, 2.45) is 5.84 Å². The van der Waals surface area contributed by atoms with Crippen LogP contribution in [0, 0.1) is 6.92 Å². The van der Waals surface area contributed by atoms with Crippen LogP contribution in [-0.4, -0.2) is 4.98 Å². The Labute approximate surface area is 108 Å². The molecule has 0 aliphatic rings. The van der Waals surface area contributed by atoms with Crippen molar-refractivity contribution in [3.8, 4) is 0 Å². The first-order chi connectivity index (χ1) is 8.81. The number of benzene rings is 1. The molecule has 18 heavy (non-hydrogen) atoms. The zero-order valence-electron chi connectivity index (χ0n) is 10.6. The third kappa shape index (κ3) is 3.15. The van der Waals surface area contributed by atoms with Gasteiger partial charge in [-0.1, -0.05) is 36.4 Å². The first kappa shape index (κ1) is 12.7. The number of hydrogen-bond donors (Lipinski definition) is 2. The molecule has 1 atom stereocenters. The molecule has 2 rings (SSSR count). The lowest BCUT2D eigenvalue weighted by molar-refractivity contribution is 0.502. The second-order valence-corrected chi connectivity index (χ2v) is 4.45. The van der Waals surface area contributed by atoms with E-state index in [2.05, 4.69) is 47.7 Å². The maximum atomic E-state index is 5.65. The number of nitrogens with two attached hydrogens (primary N) is 1. The molecule has 0 saturated carbocycles. The van der Waals surface area contributed by atoms with E-state index in [-0.39, 0.29) is 6.04 Å². The van der Waals surface area contributed by atoms with E-state index < -0.39 is 0 Å². The predicted molar refractivity (Wildman–Crippen MR) is 73.8 cm³/mol. The second kappa shape index (κ2) is 6.28. The van der Waals surface area contributed by atoms with Crippen LogP contribution in [0.2, 0.25) is 0 Å². The van der Waals surface area contributed by atoms with Crippen molar-refractivity contribution in [1.29, 1.82) is 0 Å². The van der Waals surface area contributed by atoms with Gasteiger partial charge >= 0.3 is 0 Å². The van der Waals surface area contributed by atoms with E-state index in [9.17, 15) is 0 Å². The van der Waals surface area contributed by atoms with Crippen LogP contribution in [0.15, 0.2) is 48.7 Å². The molecule has 0 saturated heterocycles. The van der Waals surface area contributed by atoms with Crippen molar-refractivity contribution in [2.45, 2.75) is 25.8 Å². The number of nitrogens with one attached hydrogen (secondary N) is 1. The minimum absolute atomic E-state index is 0.103. The van der Waals surface area contributed by atoms with E-state index in [0.29, 0.717) is 0 Å². The van der Waals surface area contributed by atoms with E-state index >= 15 is 0 Å². The van der Waals surface area contributed by atoms with Crippen molar-refractivity contribution in [1.82, 2.24) is 10.4 Å². The Morgan fingerprint density at radius 3 is 2.61 bits per heavy atom. The molecule has 0 fully saturated rings. The Morgan fingerprint density at radius 2 is 1.94 bits per heavy atom. The number of nitrogens with zero attached hydrogens (tertiary/aromatic N) is 1. The van der Waals surface area contributed by atoms with E-state index in [1.165, 1.54) is 11.1 Å². The SMILES string of the molecule is Cc1cccnc1C(CCc1ccccc1)NN. The predicted octanol–water partition coefficient (Wildman–Crippen LogP) is 2.53. The van der Waals surface area contributed by atoms with Gasteiger partial charge < -0.3 is 0 Å². The topological polar surface area (TPSA) is 50.9 Å². The average molecular weight is 241 g/mol. The normalized spacial score (nSPS) is 12.3. The standard InChI is InChI=1S/C15H19N3/c1-12-6-5-11-17-15(12)14(18-16)10-9-13-7-3-2-4-8-13/h2-8,11,14,18H,9-10,16H2,1H3. The average Bonchev–Trinajstić information content (AvgIpc) is 2.42. The molecule has 2 aromatic rings. The van der Waals surface area contributed by atoms with Gasteiger partial charge in [0.1, 0.15) is 0 Å². The summed E-state index contributed by atoms with van der Waals surface area (Å²) in [6.45, 7) is 2.06. The van der Waals surface area contributed by atoms with Gasteiger partial charge in [-0.25, -0.2) is 0 Å². The Balaban J connectivity index is 2.04. The molecule has 0 aliphatic heterocycles. The van der Waals surface area contributed by atoms with Crippen LogP contribution in [-0.2, 0) is 6.42 Å². The molecule has 1 aromatic carbocycles. The second-order valence-electron chi connectivity index (χ2n) is 4.45. The molecular weight excluding hydrogens is 222 g/mol. The van der Waals surface area contributed by atoms with Gasteiger partial charge in [0.15, 0.2) is 0 Å². The molecule has 3 N–H and O–H groups in total. The van der Waals surface area contributed by atoms with Gasteiger partial charge in [0.25, 0.3) is 0 Å². The summed E-state index contributed by atoms with van der Waals surface area (Å²) in [4.78, 5) is 4.42. The van der Waals surface area contributed by atoms with Gasteiger partial charge in [-0.2, -0.15) is 0 Å². The van der Waals surface area contributed by atoms with Gasteiger partial charge in [0.2, 0.25) is 0 Å². The number of aromatic nitrogens is 1. The number of hydrazine groups is 1. The monoisotopic (exact) mass is 241 g/mol. The quantitative estimate of drug-likeness (QED) is 0.624. The van der Waals surface area contributed by atoms with Crippen molar-refractivity contribution in [3.63, 3.8) is 0 Å². The van der Waals surface area contributed by atoms with Crippen LogP contribution in [0.1, 0.15) is 29.3 Å². The lowest BCUT2D eigenvalue weighted by atomic mass is 10.0. The van der Waals surface area contributed by atoms with Gasteiger partial charge in [-0.05, 0) is 37.0 Å². The van der Waals surface area contributed by atoms with Crippen LogP contribution in [0.4, 0.5) is 0 Å². The van der Waals surface area contributed by atoms with Gasteiger partial charge in [0, 0.05) is 6.20 Å². The van der Waals surface area contributed by atoms with E-state index in [0.717, 1.165) is 18.5 Å². The zero-order valence-corrected chi connectivity index (χ0v) is 10.6. The summed E-state index contributed by atoms with van der Waals surface area (Å²) in [5.74, 6) is 5.65. The largest absolute Gasteiger partial charge is 0.271 e. The first-order valence-electron chi connectivity index (χ1n) is 6.23. The zero-order chi connectivity index (χ0) is 12.8. The highest BCUT2D eigenvalue weighted by Gasteiger charge is 2.13. The van der Waals surface area contributed by atoms with Crippen molar-refractivity contribution < 1.29 is 0 Å². The summed E-state index contributed by atoms with van der Waals surface area (Å²) in [5.41, 5.74) is 6.40. The summed E-state index contributed by atoms with van der Waals surface area (Å²) < 4.78 is 0. The molecule has 0 amide bonds. The van der Waals surface area contributed by atoms with Crippen molar-refractivity contribution >= 4 is 0 Å². The van der Waals surface area contributed by atoms with Crippen molar-refractivity contribution in [2.75, 3.05) is 0 Å². The lowest BCUT2D eigenvalue weighted by Crippen LogP contribution is -2.29. The first-order valence-corrected chi connectivity index (χ1v) is 6.23. The molecule has 0 aliphatic carbocycles. The van der Waals surface area contributed by atoms with Crippen LogP contribution < -0.4 is 11.3 Å². The van der Waals surface area contributed by atoms with Crippen LogP contribution >= 0.6 is 0 Å². The Bertz CT molecular complexity index is 482. The molecule has 0 spiro atoms. The lowest BCUT2D eigenvalue weighted by Gasteiger charge is -2.17. The van der Waals surface area contributed by atoms with Crippen LogP contribution in [0.3, 0.4) is 0 Å². The van der Waals surface area contributed by atoms with Gasteiger partial charge in [0.05, 0.1) is 11.7 Å². The van der Waals surface area contributed by atoms with Gasteiger partial charge in [-0.15, -0.1) is 0 Å². The highest BCUT2D eigenvalue weighted by molar-refractivity contribution is 5.22. The third-order valence-electron chi connectivity index (χ3n) is 3.15. The molecular formula is C15H19N3. The van der Waals surface area contributed by atoms with Crippen LogP contribution in [0.25, 0.3) is 0 Å². The summed E-state index contributed by atoms with van der Waals surface area (Å²) >= 11 is 0. The number of hydrogen-bond acceptors (Lipinski definition) is 3. The summed E-state index contributed by atoms with van der Waals surface area (Å²) in [5, 5.41) is 0. The smallest absolute Gasteiger partial charge is 0.0638 e. The van der Waals surface area contributed by atoms with Gasteiger partial charge in [-0.3, -0.25) is 16.3 Å². The van der Waals surface area contributed by atoms with E-state index in [1.54, 1.807) is 0 Å². The number of rotatable bonds is 5. The fourth-order valence-electron chi connectivity index (χ4n) is 2.12. The maximum Gasteiger partial charge on any atom is 0.0638 e. The maximum absolute atomic E-state index is 5.65. The number of pyridine rings is 1. The number of aryl methyl sites for hydroxylation is 2. The van der Waals surface area contributed by atoms with E-state index in [1.807, 2.05) is 18.3 Å². The highest BCUT2D eigenvalue weighted by atomic mass is 15.2. The molecule has 3 nitrogen and oxygen atoms in total. The molecule has 1 heterocycles. The molecule has 0 bridgehead atoms. The molecule has 1 unspecified atom stereocenters. The molecule has 94 valence electrons. The third-order valence-corrected chi connectivity index (χ3v) is 3.15. The molecule has 0 radical (unpaired) electrons. The Kier molecular flexibility index (Phi) is 4.45. The fraction of sp³-hybridized carbons (Fsp3) is 0.267. The van der Waals surface area contributed by atoms with E-state index in [4.69, 9.17) is 5.84 Å². The highest BCUT2D eigenvalue weighted by Crippen LogP contribution is 2.19. The molecule has 1 aromatic heterocycles. The molecule has 3 heteroatoms. The summed E-state index contributed by atoms with van der Waals surface area (Å²) in [7, 11) is 0. The minimum atomic E-state index is 0.103. The summed E-state index contributed by atoms with van der Waals surface area (Å²) in [6, 6.07) is 14.5. The fourth-order valence-corrected chi connectivity index (χ4v) is 2.12. The Morgan fingerprint density at radius 1 is 1.17 bits per heavy atom. The summed E-state index contributed by atoms with van der Waals surface area (Å²) in [6.07, 6.45) is 3.75.